The minimum Gasteiger partial charge on any atom is -0.453 e. The van der Waals surface area contributed by atoms with Gasteiger partial charge in [0.2, 0.25) is 11.8 Å². The highest BCUT2D eigenvalue weighted by Crippen LogP contribution is 2.31. The number of fused-ring (bicyclic) bond motifs is 1. The van der Waals surface area contributed by atoms with E-state index in [0.29, 0.717) is 23.1 Å². The number of nitrogens with one attached hydrogen (secondary N) is 2. The first-order valence-electron chi connectivity index (χ1n) is 12.7. The van der Waals surface area contributed by atoms with Gasteiger partial charge in [-0.25, -0.2) is 24.1 Å². The van der Waals surface area contributed by atoms with E-state index in [1.54, 1.807) is 30.3 Å². The zero-order chi connectivity index (χ0) is 31.0. The van der Waals surface area contributed by atoms with Gasteiger partial charge in [0.05, 0.1) is 18.1 Å². The Bertz CT molecular complexity index is 1720. The Morgan fingerprint density at radius 3 is 2.38 bits per heavy atom. The summed E-state index contributed by atoms with van der Waals surface area (Å²) in [5.41, 5.74) is 3.02. The molecule has 0 unspecified atom stereocenters. The highest BCUT2D eigenvalue weighted by molar-refractivity contribution is 7.87. The van der Waals surface area contributed by atoms with E-state index >= 15 is 0 Å². The van der Waals surface area contributed by atoms with Gasteiger partial charge in [-0.2, -0.15) is 22.0 Å². The number of amides is 2. The lowest BCUT2D eigenvalue weighted by Gasteiger charge is -2.15. The first-order valence-corrected chi connectivity index (χ1v) is 14.5. The van der Waals surface area contributed by atoms with Gasteiger partial charge in [-0.3, -0.25) is 5.32 Å². The lowest BCUT2D eigenvalue weighted by molar-refractivity contribution is 0.186. The van der Waals surface area contributed by atoms with Gasteiger partial charge in [-0.1, -0.05) is 66.9 Å². The molecule has 0 spiro atoms. The standard InChI is InChI=1S/C14H18N4O3.C13H13ClN4O2S/c1-3-4-9-15-13(19)18-11-8-6-5-7-10(11)16-12(18)17-14(20)21-2;1-9-4-6-10(7-5-9)12-13(14)16-11(8-15)18(12)21(19,20)17(2)3/h5-8H,3-4,9H2,1-2H3,(H,15,19)(H,16,17,20);4-7H,1-3H3. The number of halogens is 1. The largest absolute Gasteiger partial charge is 0.453 e. The number of carbonyl (C=O) groups is 2. The molecule has 15 heteroatoms. The molecule has 0 aliphatic carbocycles. The molecule has 2 aromatic heterocycles. The van der Waals surface area contributed by atoms with Crippen LogP contribution in [0.15, 0.2) is 48.5 Å². The van der Waals surface area contributed by atoms with E-state index in [9.17, 15) is 18.0 Å². The summed E-state index contributed by atoms with van der Waals surface area (Å²) >= 11 is 6.05. The second-order valence-electron chi connectivity index (χ2n) is 9.07. The lowest BCUT2D eigenvalue weighted by atomic mass is 10.1. The van der Waals surface area contributed by atoms with E-state index < -0.39 is 16.3 Å². The Morgan fingerprint density at radius 2 is 1.79 bits per heavy atom. The zero-order valence-corrected chi connectivity index (χ0v) is 25.3. The van der Waals surface area contributed by atoms with Crippen LogP contribution in [0.2, 0.25) is 5.15 Å². The van der Waals surface area contributed by atoms with Crippen LogP contribution in [-0.2, 0) is 14.9 Å². The van der Waals surface area contributed by atoms with Crippen molar-refractivity contribution in [3.8, 4) is 17.3 Å². The van der Waals surface area contributed by atoms with Crippen molar-refractivity contribution in [2.45, 2.75) is 26.7 Å². The Balaban J connectivity index is 0.000000230. The smallest absolute Gasteiger partial charge is 0.413 e. The van der Waals surface area contributed by atoms with Crippen LogP contribution in [0.4, 0.5) is 15.5 Å². The molecule has 0 fully saturated rings. The molecule has 2 aromatic carbocycles. The molecular formula is C27H31ClN8O5S. The van der Waals surface area contributed by atoms with Crippen LogP contribution in [0.1, 0.15) is 31.2 Å². The monoisotopic (exact) mass is 614 g/mol. The fraction of sp³-hybridized carbons (Fsp3) is 0.296. The number of imidazole rings is 2. The normalized spacial score (nSPS) is 11.0. The average molecular weight is 615 g/mol. The maximum atomic E-state index is 12.4. The molecule has 222 valence electrons. The van der Waals surface area contributed by atoms with E-state index in [4.69, 9.17) is 16.9 Å². The number of hydrogen-bond acceptors (Lipinski definition) is 8. The molecule has 0 atom stereocenters. The van der Waals surface area contributed by atoms with Crippen molar-refractivity contribution in [1.29, 1.82) is 5.26 Å². The number of anilines is 1. The van der Waals surface area contributed by atoms with Crippen LogP contribution in [0.5, 0.6) is 0 Å². The molecule has 4 aromatic rings. The van der Waals surface area contributed by atoms with Crippen LogP contribution in [0.25, 0.3) is 22.3 Å². The summed E-state index contributed by atoms with van der Waals surface area (Å²) in [4.78, 5) is 31.8. The minimum absolute atomic E-state index is 0.0270. The summed E-state index contributed by atoms with van der Waals surface area (Å²) in [5.74, 6) is -0.138. The molecule has 0 saturated carbocycles. The number of methoxy groups -OCH3 is 1. The maximum Gasteiger partial charge on any atom is 0.413 e. The predicted octanol–water partition coefficient (Wildman–Crippen LogP) is 4.61. The number of para-hydroxylation sites is 2. The molecule has 2 heterocycles. The third-order valence-electron chi connectivity index (χ3n) is 5.88. The zero-order valence-electron chi connectivity index (χ0n) is 23.8. The van der Waals surface area contributed by atoms with Gasteiger partial charge in [0.1, 0.15) is 11.8 Å². The molecule has 0 saturated heterocycles. The van der Waals surface area contributed by atoms with Crippen molar-refractivity contribution in [1.82, 2.24) is 28.1 Å². The maximum absolute atomic E-state index is 12.4. The van der Waals surface area contributed by atoms with Crippen molar-refractivity contribution < 1.29 is 22.7 Å². The minimum atomic E-state index is -3.91. The molecule has 0 bridgehead atoms. The molecule has 0 aliphatic rings. The van der Waals surface area contributed by atoms with Crippen molar-refractivity contribution in [3.63, 3.8) is 0 Å². The molecule has 42 heavy (non-hydrogen) atoms. The van der Waals surface area contributed by atoms with E-state index in [0.717, 1.165) is 26.7 Å². The highest BCUT2D eigenvalue weighted by Gasteiger charge is 2.28. The second-order valence-corrected chi connectivity index (χ2v) is 11.4. The van der Waals surface area contributed by atoms with Crippen molar-refractivity contribution >= 4 is 50.9 Å². The Labute approximate surface area is 248 Å². The van der Waals surface area contributed by atoms with Gasteiger partial charge in [0.25, 0.3) is 0 Å². The summed E-state index contributed by atoms with van der Waals surface area (Å²) < 4.78 is 32.6. The Hall–Kier alpha value is -4.45. The van der Waals surface area contributed by atoms with Crippen LogP contribution >= 0.6 is 11.6 Å². The summed E-state index contributed by atoms with van der Waals surface area (Å²) in [7, 11) is 0.103. The van der Waals surface area contributed by atoms with Gasteiger partial charge < -0.3 is 10.1 Å². The van der Waals surface area contributed by atoms with Crippen LogP contribution in [-0.4, -0.2) is 71.1 Å². The third kappa shape index (κ3) is 7.06. The van der Waals surface area contributed by atoms with Crippen molar-refractivity contribution in [2.75, 3.05) is 33.1 Å². The topological polar surface area (TPSA) is 164 Å². The van der Waals surface area contributed by atoms with Crippen LogP contribution in [0.3, 0.4) is 0 Å². The molecule has 2 amide bonds. The van der Waals surface area contributed by atoms with Crippen LogP contribution in [0, 0.1) is 18.3 Å². The number of rotatable bonds is 7. The Morgan fingerprint density at radius 1 is 1.12 bits per heavy atom. The third-order valence-corrected chi connectivity index (χ3v) is 7.89. The van der Waals surface area contributed by atoms with Gasteiger partial charge >= 0.3 is 22.3 Å². The number of hydrogen-bond donors (Lipinski definition) is 2. The molecular weight excluding hydrogens is 584 g/mol. The van der Waals surface area contributed by atoms with E-state index in [2.05, 4.69) is 25.3 Å². The van der Waals surface area contributed by atoms with Crippen molar-refractivity contribution in [2.24, 2.45) is 0 Å². The van der Waals surface area contributed by atoms with Gasteiger partial charge in [-0.05, 0) is 25.5 Å². The predicted molar refractivity (Wildman–Crippen MR) is 160 cm³/mol. The van der Waals surface area contributed by atoms with Gasteiger partial charge in [-0.15, -0.1) is 0 Å². The number of aromatic nitrogens is 4. The summed E-state index contributed by atoms with van der Waals surface area (Å²) in [5, 5.41) is 14.3. The van der Waals surface area contributed by atoms with E-state index in [-0.39, 0.29) is 28.7 Å². The summed E-state index contributed by atoms with van der Waals surface area (Å²) in [6.07, 6.45) is 1.20. The first kappa shape index (κ1) is 32.1. The number of benzene rings is 2. The average Bonchev–Trinajstić information content (AvgIpc) is 3.50. The molecule has 0 aliphatic heterocycles. The summed E-state index contributed by atoms with van der Waals surface area (Å²) in [6, 6.07) is 15.7. The van der Waals surface area contributed by atoms with Crippen LogP contribution < -0.4 is 10.6 Å². The lowest BCUT2D eigenvalue weighted by Crippen LogP contribution is -2.31. The highest BCUT2D eigenvalue weighted by atomic mass is 35.5. The molecule has 4 rings (SSSR count). The number of aryl methyl sites for hydroxylation is 1. The number of nitrogens with zero attached hydrogens (tertiary/aromatic N) is 6. The number of unbranched alkanes of at least 4 members (excludes halogenated alkanes) is 1. The van der Waals surface area contributed by atoms with Gasteiger partial charge in [0.15, 0.2) is 5.15 Å². The first-order chi connectivity index (χ1) is 20.0. The molecule has 13 nitrogen and oxygen atoms in total. The van der Waals surface area contributed by atoms with Crippen molar-refractivity contribution in [3.05, 3.63) is 65.1 Å². The van der Waals surface area contributed by atoms with Gasteiger partial charge in [0, 0.05) is 26.2 Å². The van der Waals surface area contributed by atoms with E-state index in [1.165, 1.54) is 25.8 Å². The quantitative estimate of drug-likeness (QED) is 0.285. The number of nitriles is 1. The number of ether oxygens (including phenoxy) is 1. The number of carbonyl (C=O) groups excluding carboxylic acids is 2. The fourth-order valence-electron chi connectivity index (χ4n) is 3.70. The molecule has 2 N–H and O–H groups in total. The van der Waals surface area contributed by atoms with E-state index in [1.807, 2.05) is 38.1 Å². The fourth-order valence-corrected chi connectivity index (χ4v) is 5.07. The SMILES string of the molecule is CCCCNC(=O)n1c(NC(=O)OC)nc2ccccc21.Cc1ccc(-c2c(Cl)nc(C#N)n2S(=O)(=O)N(C)C)cc1. The Kier molecular flexibility index (Phi) is 10.6. The molecule has 0 radical (unpaired) electrons. The summed E-state index contributed by atoms with van der Waals surface area (Å²) in [6.45, 7) is 4.53. The second kappa shape index (κ2) is 13.9.